The number of allylic oxidation sites excluding steroid dienone is 1. The van der Waals surface area contributed by atoms with Gasteiger partial charge < -0.3 is 9.47 Å². The fourth-order valence-electron chi connectivity index (χ4n) is 1.57. The van der Waals surface area contributed by atoms with Crippen molar-refractivity contribution in [1.82, 2.24) is 0 Å². The van der Waals surface area contributed by atoms with Gasteiger partial charge in [-0.3, -0.25) is 0 Å². The molecule has 0 aromatic rings. The van der Waals surface area contributed by atoms with E-state index in [1.165, 1.54) is 0 Å². The zero-order valence-electron chi connectivity index (χ0n) is 12.0. The van der Waals surface area contributed by atoms with Crippen LogP contribution < -0.4 is 0 Å². The van der Waals surface area contributed by atoms with Crippen molar-refractivity contribution in [1.29, 1.82) is 0 Å². The largest absolute Gasteiger partial charge is 0.462 e. The molecule has 0 aliphatic rings. The van der Waals surface area contributed by atoms with Crippen molar-refractivity contribution in [2.75, 3.05) is 20.3 Å². The molecule has 0 bridgehead atoms. The summed E-state index contributed by atoms with van der Waals surface area (Å²) in [4.78, 5) is 11.9. The quantitative estimate of drug-likeness (QED) is 0.508. The molecular weight excluding hydrogens is 216 g/mol. The summed E-state index contributed by atoms with van der Waals surface area (Å²) < 4.78 is 10.3. The van der Waals surface area contributed by atoms with Crippen LogP contribution in [0.5, 0.6) is 0 Å². The Balaban J connectivity index is 4.64. The summed E-state index contributed by atoms with van der Waals surface area (Å²) in [5, 5.41) is 0. The van der Waals surface area contributed by atoms with Crippen molar-refractivity contribution in [2.24, 2.45) is 11.8 Å². The lowest BCUT2D eigenvalue weighted by molar-refractivity contribution is -0.140. The number of hydrogen-bond acceptors (Lipinski definition) is 3. The minimum absolute atomic E-state index is 0.237. The summed E-state index contributed by atoms with van der Waals surface area (Å²) in [5.74, 6) is 0.645. The van der Waals surface area contributed by atoms with Gasteiger partial charge >= 0.3 is 5.97 Å². The third kappa shape index (κ3) is 7.16. The van der Waals surface area contributed by atoms with Gasteiger partial charge in [-0.25, -0.2) is 4.79 Å². The highest BCUT2D eigenvalue weighted by atomic mass is 16.5. The van der Waals surface area contributed by atoms with Crippen molar-refractivity contribution in [2.45, 2.75) is 41.0 Å². The summed E-state index contributed by atoms with van der Waals surface area (Å²) in [7, 11) is 1.60. The minimum atomic E-state index is -0.237. The number of methoxy groups -OCH3 is 1. The summed E-state index contributed by atoms with van der Waals surface area (Å²) >= 11 is 0. The van der Waals surface area contributed by atoms with Crippen LogP contribution in [-0.4, -0.2) is 26.3 Å². The predicted octanol–water partition coefficient (Wildman–Crippen LogP) is 3.19. The standard InChI is InChI=1S/C14H26O3/c1-10(2)7-12(5)13(9-16-6)14(15)17-8-11(3)4/h10-11H,7-9H2,1-6H3. The van der Waals surface area contributed by atoms with Crippen LogP contribution in [0.15, 0.2) is 11.1 Å². The van der Waals surface area contributed by atoms with Gasteiger partial charge in [0.2, 0.25) is 0 Å². The smallest absolute Gasteiger partial charge is 0.336 e. The molecule has 0 heterocycles. The van der Waals surface area contributed by atoms with Crippen molar-refractivity contribution in [3.05, 3.63) is 11.1 Å². The molecule has 0 aliphatic carbocycles. The first kappa shape index (κ1) is 16.2. The first-order valence-corrected chi connectivity index (χ1v) is 6.23. The maximum absolute atomic E-state index is 11.9. The Labute approximate surface area is 105 Å². The summed E-state index contributed by atoms with van der Waals surface area (Å²) in [6.07, 6.45) is 0.898. The topological polar surface area (TPSA) is 35.5 Å². The molecular formula is C14H26O3. The fourth-order valence-corrected chi connectivity index (χ4v) is 1.57. The highest BCUT2D eigenvalue weighted by Gasteiger charge is 2.15. The molecule has 0 fully saturated rings. The second-order valence-corrected chi connectivity index (χ2v) is 5.28. The van der Waals surface area contributed by atoms with Gasteiger partial charge in [-0.15, -0.1) is 0 Å². The lowest BCUT2D eigenvalue weighted by atomic mass is 10.00. The Hall–Kier alpha value is -0.830. The highest BCUT2D eigenvalue weighted by molar-refractivity contribution is 5.89. The van der Waals surface area contributed by atoms with E-state index in [1.807, 2.05) is 20.8 Å². The Kier molecular flexibility index (Phi) is 7.88. The second kappa shape index (κ2) is 8.29. The van der Waals surface area contributed by atoms with Crippen molar-refractivity contribution in [3.8, 4) is 0 Å². The summed E-state index contributed by atoms with van der Waals surface area (Å²) in [6.45, 7) is 11.1. The van der Waals surface area contributed by atoms with Crippen LogP contribution in [0, 0.1) is 11.8 Å². The van der Waals surface area contributed by atoms with Crippen molar-refractivity contribution in [3.63, 3.8) is 0 Å². The molecule has 0 aliphatic heterocycles. The number of carbonyl (C=O) groups excluding carboxylic acids is 1. The van der Waals surface area contributed by atoms with Crippen LogP contribution in [0.25, 0.3) is 0 Å². The van der Waals surface area contributed by atoms with E-state index in [2.05, 4.69) is 13.8 Å². The third-order valence-electron chi connectivity index (χ3n) is 2.31. The van der Waals surface area contributed by atoms with E-state index in [0.717, 1.165) is 12.0 Å². The average molecular weight is 242 g/mol. The van der Waals surface area contributed by atoms with Crippen molar-refractivity contribution >= 4 is 5.97 Å². The predicted molar refractivity (Wildman–Crippen MR) is 69.8 cm³/mol. The lowest BCUT2D eigenvalue weighted by Crippen LogP contribution is -2.17. The van der Waals surface area contributed by atoms with Crippen LogP contribution in [0.3, 0.4) is 0 Å². The van der Waals surface area contributed by atoms with Gasteiger partial charge in [-0.1, -0.05) is 33.3 Å². The number of rotatable bonds is 7. The van der Waals surface area contributed by atoms with Gasteiger partial charge in [0.05, 0.1) is 18.8 Å². The zero-order chi connectivity index (χ0) is 13.4. The Morgan fingerprint density at radius 1 is 1.12 bits per heavy atom. The van der Waals surface area contributed by atoms with E-state index < -0.39 is 0 Å². The number of esters is 1. The van der Waals surface area contributed by atoms with Gasteiger partial charge in [-0.05, 0) is 25.2 Å². The SMILES string of the molecule is COCC(C(=O)OCC(C)C)=C(C)CC(C)C. The Morgan fingerprint density at radius 3 is 2.12 bits per heavy atom. The molecule has 100 valence electrons. The van der Waals surface area contributed by atoms with Crippen molar-refractivity contribution < 1.29 is 14.3 Å². The summed E-state index contributed by atoms with van der Waals surface area (Å²) in [5.41, 5.74) is 1.73. The van der Waals surface area contributed by atoms with E-state index >= 15 is 0 Å². The highest BCUT2D eigenvalue weighted by Crippen LogP contribution is 2.16. The van der Waals surface area contributed by atoms with Gasteiger partial charge in [-0.2, -0.15) is 0 Å². The molecule has 0 saturated heterocycles. The van der Waals surface area contributed by atoms with Gasteiger partial charge in [0.1, 0.15) is 0 Å². The second-order valence-electron chi connectivity index (χ2n) is 5.28. The fraction of sp³-hybridized carbons (Fsp3) is 0.786. The molecule has 0 spiro atoms. The molecule has 0 N–H and O–H groups in total. The molecule has 0 saturated carbocycles. The van der Waals surface area contributed by atoms with Crippen LogP contribution in [0.2, 0.25) is 0 Å². The summed E-state index contributed by atoms with van der Waals surface area (Å²) in [6, 6.07) is 0. The Bertz CT molecular complexity index is 265. The number of carbonyl (C=O) groups is 1. The monoisotopic (exact) mass is 242 g/mol. The number of hydrogen-bond donors (Lipinski definition) is 0. The van der Waals surface area contributed by atoms with Crippen LogP contribution in [0.4, 0.5) is 0 Å². The van der Waals surface area contributed by atoms with E-state index in [-0.39, 0.29) is 5.97 Å². The number of ether oxygens (including phenoxy) is 2. The normalized spacial score (nSPS) is 12.9. The van der Waals surface area contributed by atoms with Gasteiger partial charge in [0.15, 0.2) is 0 Å². The first-order valence-electron chi connectivity index (χ1n) is 6.23. The molecule has 0 amide bonds. The molecule has 0 aromatic carbocycles. The molecule has 0 aromatic heterocycles. The van der Waals surface area contributed by atoms with Crippen LogP contribution in [0.1, 0.15) is 41.0 Å². The molecule has 3 nitrogen and oxygen atoms in total. The van der Waals surface area contributed by atoms with Crippen LogP contribution >= 0.6 is 0 Å². The van der Waals surface area contributed by atoms with E-state index in [1.54, 1.807) is 7.11 Å². The molecule has 3 heteroatoms. The Morgan fingerprint density at radius 2 is 1.71 bits per heavy atom. The van der Waals surface area contributed by atoms with Gasteiger partial charge in [0, 0.05) is 7.11 Å². The third-order valence-corrected chi connectivity index (χ3v) is 2.31. The van der Waals surface area contributed by atoms with Crippen LogP contribution in [-0.2, 0) is 14.3 Å². The van der Waals surface area contributed by atoms with E-state index in [4.69, 9.17) is 9.47 Å². The maximum Gasteiger partial charge on any atom is 0.336 e. The average Bonchev–Trinajstić information content (AvgIpc) is 2.21. The lowest BCUT2D eigenvalue weighted by Gasteiger charge is -2.14. The molecule has 17 heavy (non-hydrogen) atoms. The van der Waals surface area contributed by atoms with E-state index in [0.29, 0.717) is 30.6 Å². The van der Waals surface area contributed by atoms with E-state index in [9.17, 15) is 4.79 Å². The first-order chi connectivity index (χ1) is 7.88. The molecule has 0 radical (unpaired) electrons. The molecule has 0 atom stereocenters. The molecule has 0 rings (SSSR count). The zero-order valence-corrected chi connectivity index (χ0v) is 12.0. The molecule has 0 unspecified atom stereocenters. The minimum Gasteiger partial charge on any atom is -0.462 e. The maximum atomic E-state index is 11.9. The van der Waals surface area contributed by atoms with Gasteiger partial charge in [0.25, 0.3) is 0 Å².